The lowest BCUT2D eigenvalue weighted by molar-refractivity contribution is 0.653. The number of hydrogen-bond acceptors (Lipinski definition) is 7. The van der Waals surface area contributed by atoms with Crippen molar-refractivity contribution in [2.24, 2.45) is 0 Å². The largest absolute Gasteiger partial charge is 0.456 e. The van der Waals surface area contributed by atoms with E-state index >= 15 is 0 Å². The van der Waals surface area contributed by atoms with Gasteiger partial charge in [-0.05, 0) is 236 Å². The molecule has 11 heterocycles. The molecule has 17 aromatic carbocycles. The molecule has 28 aromatic rings. The van der Waals surface area contributed by atoms with Crippen LogP contribution in [0.15, 0.2) is 437 Å². The van der Waals surface area contributed by atoms with E-state index in [2.05, 4.69) is 407 Å². The molecule has 0 aliphatic heterocycles. The van der Waals surface area contributed by atoms with Gasteiger partial charge in [-0.2, -0.15) is 0 Å². The summed E-state index contributed by atoms with van der Waals surface area (Å²) in [5.74, 6) is 0. The molecule has 0 aliphatic rings. The molecule has 11 heteroatoms. The van der Waals surface area contributed by atoms with Crippen molar-refractivity contribution in [1.82, 2.24) is 33.2 Å². The van der Waals surface area contributed by atoms with E-state index in [9.17, 15) is 0 Å². The standard InChI is InChI=1S/C31H21NO.3C30H20N2O/c1-20-7-6-8-21(17-20)22-13-15-29-26(18-22)24-9-2-4-11-28(24)32(29)23-14-16-31-27(19-23)25-10-3-5-12-30(25)33-31;1-19-7-6-8-20(15-19)21-13-14-28-25(16-21)23-9-2-4-11-27(23)32(28)22-17-26-24-10-3-5-12-29(24)33-30(26)31-18-22;1-19-6-4-7-20(16-19)21-11-13-28-25(17-21)23-8-2-3-10-27(23)32(28)22-12-14-29-26(18-22)24-9-5-15-31-30(24)33-29;1-19-5-4-6-20(15-19)21-9-11-28-25(16-21)23-7-2-3-8-27(23)32(28)22-10-12-29-26(17-22)24-13-14-31-18-30(24)33-29/h2-19H,1H3;3*2-18H,1H3. The summed E-state index contributed by atoms with van der Waals surface area (Å²) in [6.07, 6.45) is 7.27. The molecule has 0 N–H and O–H groups in total. The molecule has 624 valence electrons. The van der Waals surface area contributed by atoms with Gasteiger partial charge in [0.25, 0.3) is 0 Å². The highest BCUT2D eigenvalue weighted by atomic mass is 16.3. The number of aryl methyl sites for hydroxylation is 4. The minimum absolute atomic E-state index is 0.669. The first-order valence-corrected chi connectivity index (χ1v) is 44.7. The van der Waals surface area contributed by atoms with Crippen LogP contribution in [0.4, 0.5) is 0 Å². The molecule has 0 bridgehead atoms. The molecule has 0 amide bonds. The second-order valence-corrected chi connectivity index (χ2v) is 34.5. The molecule has 11 nitrogen and oxygen atoms in total. The maximum absolute atomic E-state index is 6.06. The Morgan fingerprint density at radius 2 is 0.477 bits per heavy atom. The second kappa shape index (κ2) is 31.3. The zero-order chi connectivity index (χ0) is 87.8. The van der Waals surface area contributed by atoms with E-state index in [-0.39, 0.29) is 0 Å². The number of nitrogens with zero attached hydrogens (tertiary/aromatic N) is 7. The van der Waals surface area contributed by atoms with Gasteiger partial charge in [-0.1, -0.05) is 253 Å². The first-order valence-electron chi connectivity index (χ1n) is 44.7. The minimum Gasteiger partial charge on any atom is -0.456 e. The number of pyridine rings is 3. The maximum atomic E-state index is 6.06. The lowest BCUT2D eigenvalue weighted by Crippen LogP contribution is -1.94. The topological polar surface area (TPSA) is 111 Å². The van der Waals surface area contributed by atoms with Gasteiger partial charge in [-0.15, -0.1) is 0 Å². The fourth-order valence-corrected chi connectivity index (χ4v) is 20.1. The van der Waals surface area contributed by atoms with Crippen LogP contribution in [0.25, 0.3) is 242 Å². The summed E-state index contributed by atoms with van der Waals surface area (Å²) in [4.78, 5) is 13.3. The van der Waals surface area contributed by atoms with Crippen LogP contribution in [0.3, 0.4) is 0 Å². The van der Waals surface area contributed by atoms with Crippen LogP contribution in [0.5, 0.6) is 0 Å². The Balaban J connectivity index is 0.0000000945. The Hall–Kier alpha value is -17.4. The van der Waals surface area contributed by atoms with Gasteiger partial charge < -0.3 is 35.9 Å². The average Bonchev–Trinajstić information content (AvgIpc) is 1.60. The molecular weight excluding hydrogens is 1620 g/mol. The third-order valence-electron chi connectivity index (χ3n) is 26.2. The third kappa shape index (κ3) is 13.1. The van der Waals surface area contributed by atoms with E-state index in [4.69, 9.17) is 17.7 Å². The van der Waals surface area contributed by atoms with Crippen LogP contribution in [0.1, 0.15) is 22.3 Å². The summed E-state index contributed by atoms with van der Waals surface area (Å²) in [5.41, 5.74) is 35.5. The maximum Gasteiger partial charge on any atom is 0.227 e. The SMILES string of the molecule is Cc1cccc(-c2ccc3c(c2)c2ccccc2n3-c2ccc3oc4ccccc4c3c2)c1.Cc1cccc(-c2ccc3c(c2)c2ccccc2n3-c2ccc3oc4cnccc4c3c2)c1.Cc1cccc(-c2ccc3c(c2)c2ccccc2n3-c2ccc3oc4ncccc4c3c2)c1.Cc1cccc(-c2ccc3c(c2)c2ccccc2n3-c2cnc3oc4ccccc4c3c2)c1. The summed E-state index contributed by atoms with van der Waals surface area (Å²) in [6, 6.07) is 140. The molecule has 0 fully saturated rings. The van der Waals surface area contributed by atoms with Crippen LogP contribution in [-0.4, -0.2) is 33.2 Å². The van der Waals surface area contributed by atoms with Gasteiger partial charge in [0, 0.05) is 110 Å². The lowest BCUT2D eigenvalue weighted by Gasteiger charge is -2.09. The summed E-state index contributed by atoms with van der Waals surface area (Å²) in [5, 5.41) is 18.7. The number of rotatable bonds is 8. The minimum atomic E-state index is 0.669. The zero-order valence-electron chi connectivity index (χ0n) is 72.6. The Labute approximate surface area is 757 Å². The summed E-state index contributed by atoms with van der Waals surface area (Å²) in [6.45, 7) is 8.55. The van der Waals surface area contributed by atoms with Crippen LogP contribution in [0.2, 0.25) is 0 Å². The normalized spacial score (nSPS) is 11.8. The van der Waals surface area contributed by atoms with Gasteiger partial charge in [0.05, 0.1) is 67.6 Å². The first-order chi connectivity index (χ1) is 65.0. The lowest BCUT2D eigenvalue weighted by atomic mass is 10.0. The molecule has 0 atom stereocenters. The number of aromatic nitrogens is 7. The van der Waals surface area contributed by atoms with Crippen molar-refractivity contribution in [1.29, 1.82) is 0 Å². The third-order valence-corrected chi connectivity index (χ3v) is 26.2. The fourth-order valence-electron chi connectivity index (χ4n) is 20.1. The number of para-hydroxylation sites is 6. The molecule has 0 aliphatic carbocycles. The van der Waals surface area contributed by atoms with Crippen molar-refractivity contribution in [3.8, 4) is 67.3 Å². The molecule has 0 saturated carbocycles. The Morgan fingerprint density at radius 3 is 0.894 bits per heavy atom. The monoisotopic (exact) mass is 1700 g/mol. The van der Waals surface area contributed by atoms with Crippen molar-refractivity contribution in [3.05, 3.63) is 441 Å². The number of furan rings is 4. The van der Waals surface area contributed by atoms with Gasteiger partial charge in [-0.25, -0.2) is 9.97 Å². The van der Waals surface area contributed by atoms with Crippen molar-refractivity contribution in [2.45, 2.75) is 27.7 Å². The van der Waals surface area contributed by atoms with Gasteiger partial charge in [0.2, 0.25) is 11.4 Å². The highest BCUT2D eigenvalue weighted by molar-refractivity contribution is 6.17. The van der Waals surface area contributed by atoms with Crippen molar-refractivity contribution >= 4 is 175 Å². The van der Waals surface area contributed by atoms with Gasteiger partial charge >= 0.3 is 0 Å². The fraction of sp³-hybridized carbons (Fsp3) is 0.0331. The van der Waals surface area contributed by atoms with Crippen molar-refractivity contribution < 1.29 is 17.7 Å². The molecular formula is C121H81N7O4. The second-order valence-electron chi connectivity index (χ2n) is 34.5. The quantitative estimate of drug-likeness (QED) is 0.149. The predicted molar refractivity (Wildman–Crippen MR) is 546 cm³/mol. The van der Waals surface area contributed by atoms with E-state index in [0.717, 1.165) is 99.3 Å². The van der Waals surface area contributed by atoms with Crippen LogP contribution < -0.4 is 0 Å². The number of benzene rings is 17. The van der Waals surface area contributed by atoms with E-state index in [1.54, 1.807) is 12.4 Å². The Kier molecular flexibility index (Phi) is 18.2. The summed E-state index contributed by atoms with van der Waals surface area (Å²) < 4.78 is 33.3. The average molecular weight is 1700 g/mol. The highest BCUT2D eigenvalue weighted by Crippen LogP contribution is 2.44. The van der Waals surface area contributed by atoms with E-state index in [0.29, 0.717) is 11.4 Å². The van der Waals surface area contributed by atoms with E-state index in [1.807, 2.05) is 60.9 Å². The zero-order valence-corrected chi connectivity index (χ0v) is 72.6. The van der Waals surface area contributed by atoms with E-state index in [1.165, 1.54) is 154 Å². The summed E-state index contributed by atoms with van der Waals surface area (Å²) >= 11 is 0. The molecule has 0 saturated heterocycles. The Morgan fingerprint density at radius 1 is 0.174 bits per heavy atom. The highest BCUT2D eigenvalue weighted by Gasteiger charge is 2.23. The summed E-state index contributed by atoms with van der Waals surface area (Å²) in [7, 11) is 0. The smallest absolute Gasteiger partial charge is 0.227 e. The molecule has 0 unspecified atom stereocenters. The first kappa shape index (κ1) is 77.0. The van der Waals surface area contributed by atoms with Crippen LogP contribution in [-0.2, 0) is 0 Å². The molecule has 28 rings (SSSR count). The van der Waals surface area contributed by atoms with Crippen LogP contribution in [0, 0.1) is 27.7 Å². The van der Waals surface area contributed by atoms with Gasteiger partial charge in [-0.3, -0.25) is 4.98 Å². The van der Waals surface area contributed by atoms with Gasteiger partial charge in [0.15, 0.2) is 5.58 Å². The Bertz CT molecular complexity index is 8440. The molecule has 11 aromatic heterocycles. The van der Waals surface area contributed by atoms with Crippen LogP contribution >= 0.6 is 0 Å². The van der Waals surface area contributed by atoms with E-state index < -0.39 is 0 Å². The molecule has 132 heavy (non-hydrogen) atoms. The van der Waals surface area contributed by atoms with Gasteiger partial charge in [0.1, 0.15) is 27.9 Å². The number of hydrogen-bond donors (Lipinski definition) is 0. The number of fused-ring (bicyclic) bond motifs is 24. The molecule has 0 spiro atoms. The predicted octanol–water partition coefficient (Wildman–Crippen LogP) is 32.8. The van der Waals surface area contributed by atoms with Crippen molar-refractivity contribution in [2.75, 3.05) is 0 Å². The van der Waals surface area contributed by atoms with Crippen molar-refractivity contribution in [3.63, 3.8) is 0 Å². The molecule has 0 radical (unpaired) electrons.